The molecule has 80 valence electrons. The highest BCUT2D eigenvalue weighted by Crippen LogP contribution is 2.06. The Morgan fingerprint density at radius 2 is 1.85 bits per heavy atom. The van der Waals surface area contributed by atoms with Gasteiger partial charge in [0, 0.05) is 0 Å². The predicted octanol–water partition coefficient (Wildman–Crippen LogP) is 0.134. The van der Waals surface area contributed by atoms with E-state index in [9.17, 15) is 5.11 Å². The van der Waals surface area contributed by atoms with Gasteiger partial charge in [0.1, 0.15) is 12.6 Å². The van der Waals surface area contributed by atoms with Crippen molar-refractivity contribution in [1.82, 2.24) is 0 Å². The maximum Gasteiger partial charge on any atom is 0.126 e. The van der Waals surface area contributed by atoms with Gasteiger partial charge in [0.25, 0.3) is 0 Å². The molecule has 0 aromatic carbocycles. The third-order valence-corrected chi connectivity index (χ3v) is 1.59. The Kier molecular flexibility index (Phi) is 5.53. The minimum atomic E-state index is -0.360. The maximum absolute atomic E-state index is 9.51. The highest BCUT2D eigenvalue weighted by atomic mass is 16.5. The fourth-order valence-corrected chi connectivity index (χ4v) is 0.843. The molecule has 1 atom stereocenters. The summed E-state index contributed by atoms with van der Waals surface area (Å²) in [6, 6.07) is 0.532. The molecule has 3 nitrogen and oxygen atoms in total. The van der Waals surface area contributed by atoms with E-state index >= 15 is 0 Å². The lowest BCUT2D eigenvalue weighted by atomic mass is 10.2. The number of hydrogen-bond acceptors (Lipinski definition) is 2. The highest BCUT2D eigenvalue weighted by molar-refractivity contribution is 4.61. The Hall–Kier alpha value is -0.120. The standard InChI is InChI=1S/C10H23NO2/c1-8(2)11-6-9(12)7-13-10(3,4)5/h8-9,11-12H,6-7H2,1-5H3/p+1/t9-/m0/s1. The summed E-state index contributed by atoms with van der Waals surface area (Å²) < 4.78 is 5.45. The summed E-state index contributed by atoms with van der Waals surface area (Å²) in [5.74, 6) is 0. The first-order valence-corrected chi connectivity index (χ1v) is 4.96. The summed E-state index contributed by atoms with van der Waals surface area (Å²) in [5.41, 5.74) is -0.154. The molecule has 0 aliphatic heterocycles. The molecule has 0 heterocycles. The monoisotopic (exact) mass is 190 g/mol. The molecule has 0 saturated carbocycles. The average Bonchev–Trinajstić information content (AvgIpc) is 1.95. The molecular weight excluding hydrogens is 166 g/mol. The first-order chi connectivity index (χ1) is 5.81. The zero-order valence-corrected chi connectivity index (χ0v) is 9.50. The van der Waals surface area contributed by atoms with Gasteiger partial charge >= 0.3 is 0 Å². The normalized spacial score (nSPS) is 15.0. The second-order valence-electron chi connectivity index (χ2n) is 4.79. The van der Waals surface area contributed by atoms with Gasteiger partial charge in [-0.25, -0.2) is 0 Å². The van der Waals surface area contributed by atoms with Crippen LogP contribution in [-0.2, 0) is 4.74 Å². The number of aliphatic hydroxyl groups is 1. The molecule has 3 N–H and O–H groups in total. The van der Waals surface area contributed by atoms with Crippen LogP contribution in [0.5, 0.6) is 0 Å². The first-order valence-electron chi connectivity index (χ1n) is 4.96. The van der Waals surface area contributed by atoms with Crippen LogP contribution in [0.15, 0.2) is 0 Å². The molecule has 0 spiro atoms. The van der Waals surface area contributed by atoms with Crippen LogP contribution in [0, 0.1) is 0 Å². The van der Waals surface area contributed by atoms with Gasteiger partial charge in [0.05, 0.1) is 18.2 Å². The number of hydrogen-bond donors (Lipinski definition) is 2. The van der Waals surface area contributed by atoms with Gasteiger partial charge < -0.3 is 15.2 Å². The lowest BCUT2D eigenvalue weighted by molar-refractivity contribution is -0.688. The van der Waals surface area contributed by atoms with E-state index in [0.29, 0.717) is 19.2 Å². The van der Waals surface area contributed by atoms with E-state index in [4.69, 9.17) is 4.74 Å². The van der Waals surface area contributed by atoms with Crippen LogP contribution in [0.1, 0.15) is 34.6 Å². The maximum atomic E-state index is 9.51. The third kappa shape index (κ3) is 9.80. The Morgan fingerprint density at radius 1 is 1.31 bits per heavy atom. The van der Waals surface area contributed by atoms with Gasteiger partial charge in [-0.1, -0.05) is 0 Å². The smallest absolute Gasteiger partial charge is 0.126 e. The average molecular weight is 190 g/mol. The van der Waals surface area contributed by atoms with Crippen molar-refractivity contribution >= 4 is 0 Å². The van der Waals surface area contributed by atoms with E-state index in [0.717, 1.165) is 0 Å². The highest BCUT2D eigenvalue weighted by Gasteiger charge is 2.14. The molecule has 3 heteroatoms. The van der Waals surface area contributed by atoms with Crippen LogP contribution < -0.4 is 5.32 Å². The van der Waals surface area contributed by atoms with Gasteiger partial charge in [0.2, 0.25) is 0 Å². The molecular formula is C10H24NO2+. The number of aliphatic hydroxyl groups excluding tert-OH is 1. The fraction of sp³-hybridized carbons (Fsp3) is 1.00. The molecule has 0 radical (unpaired) electrons. The van der Waals surface area contributed by atoms with Crippen molar-refractivity contribution in [2.45, 2.75) is 52.4 Å². The van der Waals surface area contributed by atoms with Crippen LogP contribution in [0.2, 0.25) is 0 Å². The predicted molar refractivity (Wildman–Crippen MR) is 53.6 cm³/mol. The summed E-state index contributed by atoms with van der Waals surface area (Å²) >= 11 is 0. The van der Waals surface area contributed by atoms with Crippen LogP contribution in [-0.4, -0.2) is 36.0 Å². The summed E-state index contributed by atoms with van der Waals surface area (Å²) in [4.78, 5) is 0. The number of quaternary nitrogens is 1. The van der Waals surface area contributed by atoms with E-state index in [1.807, 2.05) is 20.8 Å². The van der Waals surface area contributed by atoms with Gasteiger partial charge in [-0.3, -0.25) is 0 Å². The summed E-state index contributed by atoms with van der Waals surface area (Å²) in [5, 5.41) is 11.6. The molecule has 0 rings (SSSR count). The van der Waals surface area contributed by atoms with E-state index in [2.05, 4.69) is 19.2 Å². The van der Waals surface area contributed by atoms with Crippen LogP contribution in [0.4, 0.5) is 0 Å². The Morgan fingerprint density at radius 3 is 2.23 bits per heavy atom. The van der Waals surface area contributed by atoms with Crippen LogP contribution in [0.3, 0.4) is 0 Å². The first kappa shape index (κ1) is 12.9. The largest absolute Gasteiger partial charge is 0.385 e. The van der Waals surface area contributed by atoms with Crippen molar-refractivity contribution in [3.8, 4) is 0 Å². The molecule has 0 fully saturated rings. The number of rotatable bonds is 5. The van der Waals surface area contributed by atoms with Gasteiger partial charge in [0.15, 0.2) is 0 Å². The number of ether oxygens (including phenoxy) is 1. The number of nitrogens with two attached hydrogens (primary N) is 1. The zero-order chi connectivity index (χ0) is 10.5. The molecule has 0 saturated heterocycles. The lowest BCUT2D eigenvalue weighted by Gasteiger charge is -2.21. The van der Waals surface area contributed by atoms with E-state index in [1.165, 1.54) is 0 Å². The summed E-state index contributed by atoms with van der Waals surface area (Å²) in [6.07, 6.45) is -0.360. The topological polar surface area (TPSA) is 46.1 Å². The molecule has 0 aliphatic rings. The van der Waals surface area contributed by atoms with Crippen molar-refractivity contribution in [2.24, 2.45) is 0 Å². The lowest BCUT2D eigenvalue weighted by Crippen LogP contribution is -2.90. The van der Waals surface area contributed by atoms with Crippen molar-refractivity contribution in [3.63, 3.8) is 0 Å². The minimum absolute atomic E-state index is 0.154. The van der Waals surface area contributed by atoms with E-state index < -0.39 is 0 Å². The molecule has 0 bridgehead atoms. The minimum Gasteiger partial charge on any atom is -0.385 e. The van der Waals surface area contributed by atoms with Gasteiger partial charge in [-0.15, -0.1) is 0 Å². The van der Waals surface area contributed by atoms with Gasteiger partial charge in [-0.05, 0) is 34.6 Å². The molecule has 0 unspecified atom stereocenters. The molecule has 0 amide bonds. The SMILES string of the molecule is CC(C)[NH2+]C[C@H](O)COC(C)(C)C. The summed E-state index contributed by atoms with van der Waals surface area (Å²) in [6.45, 7) is 11.3. The molecule has 13 heavy (non-hydrogen) atoms. The Labute approximate surface area is 81.5 Å². The second kappa shape index (κ2) is 5.58. The molecule has 0 aromatic rings. The van der Waals surface area contributed by atoms with Crippen LogP contribution in [0.25, 0.3) is 0 Å². The van der Waals surface area contributed by atoms with Crippen molar-refractivity contribution in [3.05, 3.63) is 0 Å². The van der Waals surface area contributed by atoms with Crippen molar-refractivity contribution in [2.75, 3.05) is 13.2 Å². The summed E-state index contributed by atoms with van der Waals surface area (Å²) in [7, 11) is 0. The quantitative estimate of drug-likeness (QED) is 0.647. The second-order valence-corrected chi connectivity index (χ2v) is 4.79. The zero-order valence-electron chi connectivity index (χ0n) is 9.50. The third-order valence-electron chi connectivity index (χ3n) is 1.59. The van der Waals surface area contributed by atoms with Crippen LogP contribution >= 0.6 is 0 Å². The van der Waals surface area contributed by atoms with Crippen molar-refractivity contribution < 1.29 is 15.2 Å². The molecule has 0 aliphatic carbocycles. The molecule has 0 aromatic heterocycles. The Balaban J connectivity index is 3.46. The fourth-order valence-electron chi connectivity index (χ4n) is 0.843. The Bertz CT molecular complexity index is 129. The van der Waals surface area contributed by atoms with Crippen molar-refractivity contribution in [1.29, 1.82) is 0 Å². The van der Waals surface area contributed by atoms with Gasteiger partial charge in [-0.2, -0.15) is 0 Å². The van der Waals surface area contributed by atoms with E-state index in [-0.39, 0.29) is 11.7 Å². The van der Waals surface area contributed by atoms with E-state index in [1.54, 1.807) is 0 Å².